The minimum atomic E-state index is -0.330. The Bertz CT molecular complexity index is 281. The Hall–Kier alpha value is -0.960. The van der Waals surface area contributed by atoms with Gasteiger partial charge in [-0.3, -0.25) is 4.79 Å². The van der Waals surface area contributed by atoms with Crippen LogP contribution in [0.4, 0.5) is 10.5 Å². The van der Waals surface area contributed by atoms with Crippen LogP contribution >= 0.6 is 12.6 Å². The lowest BCUT2D eigenvalue weighted by Crippen LogP contribution is -2.00. The van der Waals surface area contributed by atoms with Gasteiger partial charge in [0.1, 0.15) is 0 Å². The highest BCUT2D eigenvalue weighted by Crippen LogP contribution is 2.11. The van der Waals surface area contributed by atoms with Crippen molar-refractivity contribution in [3.63, 3.8) is 0 Å². The maximum atomic E-state index is 10.6. The van der Waals surface area contributed by atoms with E-state index in [1.807, 2.05) is 24.3 Å². The molecule has 0 aliphatic carbocycles. The van der Waals surface area contributed by atoms with Crippen molar-refractivity contribution in [2.75, 3.05) is 5.32 Å². The smallest absolute Gasteiger partial charge is 0.280 e. The fourth-order valence-corrected chi connectivity index (χ4v) is 1.30. The highest BCUT2D eigenvalue weighted by atomic mass is 32.1. The summed E-state index contributed by atoms with van der Waals surface area (Å²) in [6.45, 7) is 2.14. The van der Waals surface area contributed by atoms with E-state index < -0.39 is 0 Å². The summed E-state index contributed by atoms with van der Waals surface area (Å²) in [7, 11) is 0. The molecule has 0 unspecified atom stereocenters. The van der Waals surface area contributed by atoms with Crippen molar-refractivity contribution in [1.29, 1.82) is 0 Å². The number of carbonyl (C=O) groups excluding carboxylic acids is 1. The zero-order valence-corrected chi connectivity index (χ0v) is 8.47. The Kier molecular flexibility index (Phi) is 3.83. The number of anilines is 1. The van der Waals surface area contributed by atoms with Crippen LogP contribution < -0.4 is 5.32 Å². The van der Waals surface area contributed by atoms with E-state index in [1.54, 1.807) is 0 Å². The number of thiol groups is 1. The Morgan fingerprint density at radius 2 is 2.00 bits per heavy atom. The summed E-state index contributed by atoms with van der Waals surface area (Å²) < 4.78 is 0. The van der Waals surface area contributed by atoms with Gasteiger partial charge in [-0.15, -0.1) is 0 Å². The second kappa shape index (κ2) is 4.92. The van der Waals surface area contributed by atoms with E-state index in [1.165, 1.54) is 5.56 Å². The third-order valence-corrected chi connectivity index (χ3v) is 1.86. The SMILES string of the molecule is CCCc1ccc(NC(=O)S)cc1. The van der Waals surface area contributed by atoms with Crippen LogP contribution in [0.15, 0.2) is 24.3 Å². The van der Waals surface area contributed by atoms with E-state index in [4.69, 9.17) is 0 Å². The van der Waals surface area contributed by atoms with Crippen molar-refractivity contribution in [2.24, 2.45) is 0 Å². The molecule has 0 fully saturated rings. The molecule has 0 aromatic heterocycles. The first-order valence-corrected chi connectivity index (χ1v) is 4.76. The number of nitrogens with one attached hydrogen (secondary N) is 1. The van der Waals surface area contributed by atoms with Gasteiger partial charge in [-0.2, -0.15) is 0 Å². The van der Waals surface area contributed by atoms with E-state index in [0.717, 1.165) is 18.5 Å². The van der Waals surface area contributed by atoms with Crippen molar-refractivity contribution in [3.8, 4) is 0 Å². The number of carbonyl (C=O) groups is 1. The predicted octanol–water partition coefficient (Wildman–Crippen LogP) is 3.10. The van der Waals surface area contributed by atoms with Crippen LogP contribution in [-0.2, 0) is 6.42 Å². The fourth-order valence-electron chi connectivity index (χ4n) is 1.17. The Morgan fingerprint density at radius 3 is 2.46 bits per heavy atom. The molecule has 1 rings (SSSR count). The van der Waals surface area contributed by atoms with Gasteiger partial charge in [-0.1, -0.05) is 38.1 Å². The predicted molar refractivity (Wildman–Crippen MR) is 58.4 cm³/mol. The molecule has 1 aromatic rings. The Morgan fingerprint density at radius 1 is 1.38 bits per heavy atom. The average Bonchev–Trinajstić information content (AvgIpc) is 2.08. The maximum Gasteiger partial charge on any atom is 0.280 e. The van der Waals surface area contributed by atoms with Crippen LogP contribution in [0.3, 0.4) is 0 Å². The molecule has 1 N–H and O–H groups in total. The zero-order chi connectivity index (χ0) is 9.68. The number of rotatable bonds is 3. The molecule has 0 aliphatic rings. The topological polar surface area (TPSA) is 29.1 Å². The molecule has 0 atom stereocenters. The number of hydrogen-bond acceptors (Lipinski definition) is 1. The van der Waals surface area contributed by atoms with Gasteiger partial charge in [0.25, 0.3) is 5.24 Å². The normalized spacial score (nSPS) is 9.69. The van der Waals surface area contributed by atoms with Crippen molar-refractivity contribution < 1.29 is 4.79 Å². The molecule has 0 heterocycles. The number of amides is 1. The van der Waals surface area contributed by atoms with Crippen molar-refractivity contribution in [3.05, 3.63) is 29.8 Å². The number of aryl methyl sites for hydroxylation is 1. The molecule has 1 amide bonds. The first-order chi connectivity index (χ1) is 6.22. The standard InChI is InChI=1S/C10H13NOS/c1-2-3-8-4-6-9(7-5-8)11-10(12)13/h4-7H,2-3H2,1H3,(H2,11,12,13). The van der Waals surface area contributed by atoms with Gasteiger partial charge in [0, 0.05) is 5.69 Å². The first-order valence-electron chi connectivity index (χ1n) is 4.31. The summed E-state index contributed by atoms with van der Waals surface area (Å²) in [6.07, 6.45) is 2.22. The average molecular weight is 195 g/mol. The van der Waals surface area contributed by atoms with E-state index in [9.17, 15) is 4.79 Å². The van der Waals surface area contributed by atoms with Gasteiger partial charge in [0.2, 0.25) is 0 Å². The molecule has 2 nitrogen and oxygen atoms in total. The highest BCUT2D eigenvalue weighted by molar-refractivity contribution is 7.96. The largest absolute Gasteiger partial charge is 0.317 e. The van der Waals surface area contributed by atoms with Crippen molar-refractivity contribution in [2.45, 2.75) is 19.8 Å². The molecule has 13 heavy (non-hydrogen) atoms. The molecule has 0 saturated carbocycles. The molecular formula is C10H13NOS. The third-order valence-electron chi connectivity index (χ3n) is 1.74. The van der Waals surface area contributed by atoms with Crippen LogP contribution in [-0.4, -0.2) is 5.24 Å². The van der Waals surface area contributed by atoms with Gasteiger partial charge in [-0.25, -0.2) is 0 Å². The van der Waals surface area contributed by atoms with Gasteiger partial charge in [0.15, 0.2) is 0 Å². The summed E-state index contributed by atoms with van der Waals surface area (Å²) in [6, 6.07) is 7.81. The van der Waals surface area contributed by atoms with E-state index in [-0.39, 0.29) is 5.24 Å². The van der Waals surface area contributed by atoms with Gasteiger partial charge < -0.3 is 5.32 Å². The molecule has 0 radical (unpaired) electrons. The maximum absolute atomic E-state index is 10.6. The van der Waals surface area contributed by atoms with Crippen LogP contribution in [0.2, 0.25) is 0 Å². The second-order valence-corrected chi connectivity index (χ2v) is 3.28. The lowest BCUT2D eigenvalue weighted by atomic mass is 10.1. The molecule has 0 bridgehead atoms. The van der Waals surface area contributed by atoms with Crippen LogP contribution in [0.25, 0.3) is 0 Å². The third kappa shape index (κ3) is 3.51. The lowest BCUT2D eigenvalue weighted by Gasteiger charge is -2.02. The summed E-state index contributed by atoms with van der Waals surface area (Å²) in [5.74, 6) is 0. The molecule has 3 heteroatoms. The summed E-state index contributed by atoms with van der Waals surface area (Å²) >= 11 is 3.63. The first kappa shape index (κ1) is 10.1. The van der Waals surface area contributed by atoms with Crippen molar-refractivity contribution in [1.82, 2.24) is 0 Å². The summed E-state index contributed by atoms with van der Waals surface area (Å²) in [5.41, 5.74) is 2.08. The molecule has 1 aromatic carbocycles. The van der Waals surface area contributed by atoms with Gasteiger partial charge in [0.05, 0.1) is 0 Å². The highest BCUT2D eigenvalue weighted by Gasteiger charge is 1.95. The summed E-state index contributed by atoms with van der Waals surface area (Å²) in [4.78, 5) is 10.6. The van der Waals surface area contributed by atoms with Crippen LogP contribution in [0.1, 0.15) is 18.9 Å². The zero-order valence-electron chi connectivity index (χ0n) is 7.58. The number of benzene rings is 1. The Balaban J connectivity index is 2.64. The molecular weight excluding hydrogens is 182 g/mol. The number of hydrogen-bond donors (Lipinski definition) is 2. The quantitative estimate of drug-likeness (QED) is 0.713. The fraction of sp³-hybridized carbons (Fsp3) is 0.300. The van der Waals surface area contributed by atoms with E-state index in [0.29, 0.717) is 0 Å². The van der Waals surface area contributed by atoms with Crippen LogP contribution in [0.5, 0.6) is 0 Å². The molecule has 0 spiro atoms. The molecule has 70 valence electrons. The second-order valence-electron chi connectivity index (χ2n) is 2.88. The van der Waals surface area contributed by atoms with Crippen LogP contribution in [0, 0.1) is 0 Å². The minimum Gasteiger partial charge on any atom is -0.317 e. The minimum absolute atomic E-state index is 0.330. The monoisotopic (exact) mass is 195 g/mol. The Labute approximate surface area is 83.8 Å². The molecule has 0 aliphatic heterocycles. The van der Waals surface area contributed by atoms with E-state index in [2.05, 4.69) is 24.9 Å². The lowest BCUT2D eigenvalue weighted by molar-refractivity contribution is 0.270. The van der Waals surface area contributed by atoms with Crippen molar-refractivity contribution >= 4 is 23.6 Å². The van der Waals surface area contributed by atoms with Gasteiger partial charge >= 0.3 is 0 Å². The summed E-state index contributed by atoms with van der Waals surface area (Å²) in [5, 5.41) is 2.27. The van der Waals surface area contributed by atoms with Gasteiger partial charge in [-0.05, 0) is 24.1 Å². The molecule has 0 saturated heterocycles. The van der Waals surface area contributed by atoms with E-state index >= 15 is 0 Å².